The average molecular weight is 412 g/mol. The van der Waals surface area contributed by atoms with Crippen LogP contribution in [0.4, 0.5) is 4.79 Å². The summed E-state index contributed by atoms with van der Waals surface area (Å²) in [5, 5.41) is 2.28. The molecule has 1 saturated heterocycles. The van der Waals surface area contributed by atoms with Crippen LogP contribution in [-0.2, 0) is 9.16 Å². The minimum atomic E-state index is -1.93. The number of rotatable bonds is 6. The van der Waals surface area contributed by atoms with E-state index >= 15 is 0 Å². The third-order valence-corrected chi connectivity index (χ3v) is 39.8. The van der Waals surface area contributed by atoms with Gasteiger partial charge in [-0.15, -0.1) is 19.7 Å². The molecule has 1 fully saturated rings. The van der Waals surface area contributed by atoms with Crippen molar-refractivity contribution < 1.29 is 14.0 Å². The zero-order valence-electron chi connectivity index (χ0n) is 17.5. The molecule has 0 aromatic carbocycles. The number of hydrogen-bond acceptors (Lipinski definition) is 3. The molecule has 1 rings (SSSR count). The molecule has 0 aliphatic carbocycles. The number of ether oxygens (including phenoxy) is 1. The molecule has 0 aromatic heterocycles. The van der Waals surface area contributed by atoms with Gasteiger partial charge in [-0.3, -0.25) is 5.32 Å². The molecule has 1 aliphatic heterocycles. The lowest BCUT2D eigenvalue weighted by Crippen LogP contribution is -2.79. The molecule has 1 heterocycles. The van der Waals surface area contributed by atoms with E-state index in [9.17, 15) is 4.79 Å². The standard InChI is InChI=1S/C13H26OSi3.C6H11NO2/c1-9-16(8)14-13(4,5)12-15(6,7)17(16,10-2)11-3;1-3-5-9-6(8)7-4-2/h9-11H,1-3,12H2,4-8H3;4H,2-3,5H2,1H3,(H,7,8). The van der Waals surface area contributed by atoms with E-state index in [4.69, 9.17) is 4.43 Å². The quantitative estimate of drug-likeness (QED) is 0.617. The Morgan fingerprint density at radius 1 is 1.15 bits per heavy atom. The first kappa shape index (κ1) is 24.8. The summed E-state index contributed by atoms with van der Waals surface area (Å²) in [4.78, 5) is 10.4. The number of hydrogen-bond donors (Lipinski definition) is 1. The van der Waals surface area contributed by atoms with E-state index in [1.54, 1.807) is 0 Å². The summed E-state index contributed by atoms with van der Waals surface area (Å²) in [5.74, 6) is 0. The van der Waals surface area contributed by atoms with Gasteiger partial charge in [0.1, 0.15) is 7.11 Å². The molecule has 1 atom stereocenters. The van der Waals surface area contributed by atoms with Gasteiger partial charge in [0.2, 0.25) is 7.83 Å². The Hall–Kier alpha value is -1.16. The number of amides is 1. The zero-order chi connectivity index (χ0) is 20.6. The lowest BCUT2D eigenvalue weighted by atomic mass is 10.2. The number of carbonyl (C=O) groups is 1. The van der Waals surface area contributed by atoms with Crippen molar-refractivity contribution in [3.63, 3.8) is 0 Å². The lowest BCUT2D eigenvalue weighted by Gasteiger charge is -2.58. The smallest absolute Gasteiger partial charge is 0.411 e. The van der Waals surface area contributed by atoms with Gasteiger partial charge in [-0.05, 0) is 39.1 Å². The van der Waals surface area contributed by atoms with E-state index in [2.05, 4.69) is 87.0 Å². The fourth-order valence-corrected chi connectivity index (χ4v) is 40.6. The van der Waals surface area contributed by atoms with Crippen LogP contribution >= 0.6 is 0 Å². The fraction of sp³-hybridized carbons (Fsp3) is 0.526. The SMILES string of the molecule is C=CNC(=O)OCCC.C=C[Si]1(C)OC(C)(C)C[Si](C)(C)[Si]1(C=C)C=C. The first-order chi connectivity index (χ1) is 11.9. The number of nitrogens with one attached hydrogen (secondary N) is 1. The summed E-state index contributed by atoms with van der Waals surface area (Å²) < 4.78 is 11.1. The van der Waals surface area contributed by atoms with E-state index < -0.39 is 28.6 Å². The summed E-state index contributed by atoms with van der Waals surface area (Å²) in [6.07, 6.45) is 1.69. The highest BCUT2D eigenvalue weighted by atomic mass is 29.6. The Balaban J connectivity index is 0.000000590. The van der Waals surface area contributed by atoms with Crippen LogP contribution in [0.25, 0.3) is 0 Å². The van der Waals surface area contributed by atoms with Crippen molar-refractivity contribution in [1.29, 1.82) is 0 Å². The van der Waals surface area contributed by atoms with Gasteiger partial charge in [0, 0.05) is 5.60 Å². The van der Waals surface area contributed by atoms with Crippen LogP contribution in [0.5, 0.6) is 0 Å². The maximum absolute atomic E-state index is 10.4. The maximum Gasteiger partial charge on any atom is 0.411 e. The first-order valence-corrected chi connectivity index (χ1v) is 18.9. The second-order valence-corrected chi connectivity index (χ2v) is 31.0. The highest BCUT2D eigenvalue weighted by molar-refractivity contribution is 7.72. The molecular weight excluding hydrogens is 374 g/mol. The Bertz CT molecular complexity index is 538. The Morgan fingerprint density at radius 2 is 1.69 bits per heavy atom. The molecule has 0 radical (unpaired) electrons. The monoisotopic (exact) mass is 411 g/mol. The molecular formula is C19H37NO3Si3. The molecule has 0 aromatic rings. The van der Waals surface area contributed by atoms with Crippen LogP contribution in [0.3, 0.4) is 0 Å². The van der Waals surface area contributed by atoms with Crippen molar-refractivity contribution in [3.8, 4) is 0 Å². The van der Waals surface area contributed by atoms with Gasteiger partial charge in [0.05, 0.1) is 14.2 Å². The van der Waals surface area contributed by atoms with Crippen LogP contribution in [0.2, 0.25) is 25.7 Å². The predicted octanol–water partition coefficient (Wildman–Crippen LogP) is 5.13. The molecule has 1 amide bonds. The van der Waals surface area contributed by atoms with E-state index in [0.717, 1.165) is 6.42 Å². The van der Waals surface area contributed by atoms with Gasteiger partial charge in [0.25, 0.3) is 0 Å². The molecule has 1 aliphatic rings. The summed E-state index contributed by atoms with van der Waals surface area (Å²) in [6, 6.07) is 1.20. The van der Waals surface area contributed by atoms with Gasteiger partial charge >= 0.3 is 6.09 Å². The van der Waals surface area contributed by atoms with E-state index in [1.165, 1.54) is 12.2 Å². The largest absolute Gasteiger partial charge is 0.449 e. The third kappa shape index (κ3) is 5.42. The van der Waals surface area contributed by atoms with Gasteiger partial charge in [-0.2, -0.15) is 0 Å². The topological polar surface area (TPSA) is 47.6 Å². The zero-order valence-corrected chi connectivity index (χ0v) is 20.5. The van der Waals surface area contributed by atoms with E-state index in [-0.39, 0.29) is 5.60 Å². The highest BCUT2D eigenvalue weighted by Crippen LogP contribution is 2.45. The Morgan fingerprint density at radius 3 is 2.08 bits per heavy atom. The second-order valence-electron chi connectivity index (χ2n) is 8.00. The molecule has 0 saturated carbocycles. The molecule has 1 N–H and O–H groups in total. The van der Waals surface area contributed by atoms with E-state index in [1.807, 2.05) is 6.92 Å². The second kappa shape index (κ2) is 9.68. The van der Waals surface area contributed by atoms with Crippen molar-refractivity contribution in [2.45, 2.75) is 58.5 Å². The molecule has 4 nitrogen and oxygen atoms in total. The van der Waals surface area contributed by atoms with Crippen molar-refractivity contribution in [3.05, 3.63) is 49.6 Å². The fourth-order valence-electron chi connectivity index (χ4n) is 4.15. The van der Waals surface area contributed by atoms with Crippen LogP contribution in [0.15, 0.2) is 49.6 Å². The highest BCUT2D eigenvalue weighted by Gasteiger charge is 2.64. The summed E-state index contributed by atoms with van der Waals surface area (Å²) in [6.45, 7) is 29.8. The van der Waals surface area contributed by atoms with Crippen LogP contribution in [0, 0.1) is 0 Å². The van der Waals surface area contributed by atoms with Crippen molar-refractivity contribution in [2.24, 2.45) is 0 Å². The molecule has 0 spiro atoms. The van der Waals surface area contributed by atoms with E-state index in [0.29, 0.717) is 6.61 Å². The maximum atomic E-state index is 10.4. The van der Waals surface area contributed by atoms with Crippen LogP contribution < -0.4 is 5.32 Å². The Kier molecular flexibility index (Phi) is 9.25. The minimum Gasteiger partial charge on any atom is -0.449 e. The normalized spacial score (nSPS) is 24.8. The first-order valence-electron chi connectivity index (χ1n) is 9.06. The van der Waals surface area contributed by atoms with Crippen molar-refractivity contribution >= 4 is 28.6 Å². The van der Waals surface area contributed by atoms with Gasteiger partial charge in [0.15, 0.2) is 0 Å². The minimum absolute atomic E-state index is 0.00654. The third-order valence-electron chi connectivity index (χ3n) is 4.99. The van der Waals surface area contributed by atoms with Crippen molar-refractivity contribution in [1.82, 2.24) is 5.32 Å². The molecule has 0 bridgehead atoms. The number of carbonyl (C=O) groups excluding carboxylic acids is 1. The summed E-state index contributed by atoms with van der Waals surface area (Å²) in [7, 11) is -5.06. The van der Waals surface area contributed by atoms with Crippen LogP contribution in [0.1, 0.15) is 27.2 Å². The Labute approximate surface area is 162 Å². The average Bonchev–Trinajstić information content (AvgIpc) is 2.52. The molecule has 148 valence electrons. The summed E-state index contributed by atoms with van der Waals surface area (Å²) >= 11 is 0. The lowest BCUT2D eigenvalue weighted by molar-refractivity contribution is 0.124. The predicted molar refractivity (Wildman–Crippen MR) is 120 cm³/mol. The van der Waals surface area contributed by atoms with Gasteiger partial charge in [-0.25, -0.2) is 4.79 Å². The molecule has 1 unspecified atom stereocenters. The van der Waals surface area contributed by atoms with Crippen molar-refractivity contribution in [2.75, 3.05) is 6.61 Å². The summed E-state index contributed by atoms with van der Waals surface area (Å²) in [5.41, 5.74) is 6.58. The van der Waals surface area contributed by atoms with Gasteiger partial charge in [-0.1, -0.05) is 43.7 Å². The number of alkyl carbamates (subject to hydrolysis) is 1. The van der Waals surface area contributed by atoms with Gasteiger partial charge < -0.3 is 9.16 Å². The molecule has 26 heavy (non-hydrogen) atoms. The molecule has 7 heteroatoms. The van der Waals surface area contributed by atoms with Crippen LogP contribution in [-0.4, -0.2) is 40.8 Å².